The summed E-state index contributed by atoms with van der Waals surface area (Å²) in [4.78, 5) is 27.4. The van der Waals surface area contributed by atoms with Gasteiger partial charge in [0.25, 0.3) is 5.91 Å². The number of benzene rings is 2. The molecule has 0 radical (unpaired) electrons. The number of methoxy groups -OCH3 is 2. The highest BCUT2D eigenvalue weighted by Gasteiger charge is 2.37. The van der Waals surface area contributed by atoms with E-state index in [1.807, 2.05) is 17.0 Å². The fourth-order valence-electron chi connectivity index (χ4n) is 3.90. The Hall–Kier alpha value is -2.99. The van der Waals surface area contributed by atoms with Crippen molar-refractivity contribution in [2.45, 2.75) is 12.5 Å². The van der Waals surface area contributed by atoms with E-state index in [-0.39, 0.29) is 17.7 Å². The summed E-state index contributed by atoms with van der Waals surface area (Å²) in [5, 5.41) is 3.62. The van der Waals surface area contributed by atoms with Crippen molar-refractivity contribution < 1.29 is 19.1 Å². The van der Waals surface area contributed by atoms with E-state index in [0.29, 0.717) is 47.3 Å². The third-order valence-corrected chi connectivity index (χ3v) is 5.60. The monoisotopic (exact) mass is 412 g/mol. The molecule has 0 aromatic heterocycles. The van der Waals surface area contributed by atoms with E-state index < -0.39 is 0 Å². The molecular formula is C22H21ClN2O4. The smallest absolute Gasteiger partial charge is 0.270 e. The van der Waals surface area contributed by atoms with Gasteiger partial charge < -0.3 is 19.7 Å². The van der Waals surface area contributed by atoms with Crippen LogP contribution in [0.25, 0.3) is 0 Å². The van der Waals surface area contributed by atoms with E-state index in [2.05, 4.69) is 5.32 Å². The molecular weight excluding hydrogens is 392 g/mol. The number of amides is 1. The summed E-state index contributed by atoms with van der Waals surface area (Å²) in [6.07, 6.45) is 2.07. The number of ketones is 1. The summed E-state index contributed by atoms with van der Waals surface area (Å²) in [6, 6.07) is 10.5. The minimum absolute atomic E-state index is 0.121. The van der Waals surface area contributed by atoms with Crippen molar-refractivity contribution in [2.75, 3.05) is 27.3 Å². The summed E-state index contributed by atoms with van der Waals surface area (Å²) in [5.41, 5.74) is 2.92. The van der Waals surface area contributed by atoms with Crippen LogP contribution in [-0.4, -0.2) is 43.9 Å². The molecule has 1 saturated heterocycles. The Bertz CT molecular complexity index is 1020. The van der Waals surface area contributed by atoms with Gasteiger partial charge in [0.05, 0.1) is 20.3 Å². The van der Waals surface area contributed by atoms with Gasteiger partial charge in [-0.05, 0) is 41.8 Å². The number of halogens is 1. The predicted molar refractivity (Wildman–Crippen MR) is 110 cm³/mol. The molecule has 29 heavy (non-hydrogen) atoms. The maximum absolute atomic E-state index is 13.0. The number of carbonyl (C=O) groups excluding carboxylic acids is 2. The second-order valence-corrected chi connectivity index (χ2v) is 7.42. The molecule has 2 aliphatic rings. The summed E-state index contributed by atoms with van der Waals surface area (Å²) in [5.74, 6) is 0.878. The van der Waals surface area contributed by atoms with Crippen LogP contribution in [0.1, 0.15) is 27.5 Å². The number of nitrogens with zero attached hydrogens (tertiary/aromatic N) is 1. The standard InChI is InChI=1S/C22H21ClN2O4/c1-28-20-9-13-6-7-25-18(16(13)10-21(20)29-2)12-24-17(22(25)27)11-19(26)14-4-3-5-15(23)8-14/h3-5,8-11,18,24H,6-7,12H2,1-2H3/b17-11-. The van der Waals surface area contributed by atoms with Crippen LogP contribution >= 0.6 is 11.6 Å². The number of rotatable bonds is 4. The van der Waals surface area contributed by atoms with E-state index in [4.69, 9.17) is 21.1 Å². The van der Waals surface area contributed by atoms with Gasteiger partial charge in [-0.15, -0.1) is 0 Å². The lowest BCUT2D eigenvalue weighted by atomic mass is 9.90. The highest BCUT2D eigenvalue weighted by atomic mass is 35.5. The Morgan fingerprint density at radius 1 is 1.21 bits per heavy atom. The molecule has 2 heterocycles. The third-order valence-electron chi connectivity index (χ3n) is 5.36. The van der Waals surface area contributed by atoms with Crippen LogP contribution in [0.15, 0.2) is 48.2 Å². The second-order valence-electron chi connectivity index (χ2n) is 6.98. The maximum atomic E-state index is 13.0. The van der Waals surface area contributed by atoms with Crippen molar-refractivity contribution in [1.82, 2.24) is 10.2 Å². The highest BCUT2D eigenvalue weighted by molar-refractivity contribution is 6.31. The molecule has 0 bridgehead atoms. The largest absolute Gasteiger partial charge is 0.493 e. The Morgan fingerprint density at radius 3 is 2.69 bits per heavy atom. The average Bonchev–Trinajstić information content (AvgIpc) is 2.74. The van der Waals surface area contributed by atoms with E-state index in [9.17, 15) is 9.59 Å². The zero-order valence-electron chi connectivity index (χ0n) is 16.2. The van der Waals surface area contributed by atoms with Crippen LogP contribution in [0.4, 0.5) is 0 Å². The van der Waals surface area contributed by atoms with E-state index in [0.717, 1.165) is 11.1 Å². The van der Waals surface area contributed by atoms with Crippen LogP contribution in [0.3, 0.4) is 0 Å². The van der Waals surface area contributed by atoms with Gasteiger partial charge in [0.1, 0.15) is 5.70 Å². The fourth-order valence-corrected chi connectivity index (χ4v) is 4.09. The number of hydrogen-bond acceptors (Lipinski definition) is 5. The van der Waals surface area contributed by atoms with Crippen LogP contribution < -0.4 is 14.8 Å². The maximum Gasteiger partial charge on any atom is 0.270 e. The number of allylic oxidation sites excluding steroid dienone is 1. The van der Waals surface area contributed by atoms with Crippen molar-refractivity contribution in [3.05, 3.63) is 69.9 Å². The van der Waals surface area contributed by atoms with Crippen molar-refractivity contribution >= 4 is 23.3 Å². The van der Waals surface area contributed by atoms with E-state index in [1.54, 1.807) is 38.5 Å². The van der Waals surface area contributed by atoms with Gasteiger partial charge in [0, 0.05) is 29.8 Å². The minimum atomic E-state index is -0.259. The molecule has 7 heteroatoms. The molecule has 1 fully saturated rings. The van der Waals surface area contributed by atoms with Gasteiger partial charge in [0.2, 0.25) is 0 Å². The van der Waals surface area contributed by atoms with E-state index >= 15 is 0 Å². The molecule has 2 aliphatic heterocycles. The minimum Gasteiger partial charge on any atom is -0.493 e. The molecule has 2 aromatic rings. The van der Waals surface area contributed by atoms with Crippen LogP contribution in [-0.2, 0) is 11.2 Å². The first-order chi connectivity index (χ1) is 14.0. The summed E-state index contributed by atoms with van der Waals surface area (Å²) in [7, 11) is 3.20. The molecule has 4 rings (SSSR count). The molecule has 1 unspecified atom stereocenters. The lowest BCUT2D eigenvalue weighted by Gasteiger charge is -2.42. The molecule has 1 atom stereocenters. The number of piperazine rings is 1. The van der Waals surface area contributed by atoms with Gasteiger partial charge >= 0.3 is 0 Å². The lowest BCUT2D eigenvalue weighted by molar-refractivity contribution is -0.132. The van der Waals surface area contributed by atoms with Crippen LogP contribution in [0.5, 0.6) is 11.5 Å². The number of fused-ring (bicyclic) bond motifs is 3. The van der Waals surface area contributed by atoms with Gasteiger partial charge in [-0.1, -0.05) is 23.7 Å². The number of hydrogen-bond donors (Lipinski definition) is 1. The molecule has 1 amide bonds. The molecule has 6 nitrogen and oxygen atoms in total. The molecule has 2 aromatic carbocycles. The third kappa shape index (κ3) is 3.56. The highest BCUT2D eigenvalue weighted by Crippen LogP contribution is 2.39. The Kier molecular flexibility index (Phi) is 5.20. The van der Waals surface area contributed by atoms with Crippen molar-refractivity contribution in [3.63, 3.8) is 0 Å². The molecule has 0 saturated carbocycles. The topological polar surface area (TPSA) is 67.9 Å². The molecule has 150 valence electrons. The van der Waals surface area contributed by atoms with Crippen molar-refractivity contribution in [3.8, 4) is 11.5 Å². The summed E-state index contributed by atoms with van der Waals surface area (Å²) in [6.45, 7) is 1.10. The van der Waals surface area contributed by atoms with Gasteiger partial charge in [0.15, 0.2) is 17.3 Å². The Morgan fingerprint density at radius 2 is 1.97 bits per heavy atom. The van der Waals surface area contributed by atoms with Crippen molar-refractivity contribution in [2.24, 2.45) is 0 Å². The van der Waals surface area contributed by atoms with Crippen molar-refractivity contribution in [1.29, 1.82) is 0 Å². The number of nitrogens with one attached hydrogen (secondary N) is 1. The van der Waals surface area contributed by atoms with E-state index in [1.165, 1.54) is 6.08 Å². The fraction of sp³-hybridized carbons (Fsp3) is 0.273. The first-order valence-corrected chi connectivity index (χ1v) is 9.71. The molecule has 0 spiro atoms. The van der Waals surface area contributed by atoms with Gasteiger partial charge in [-0.3, -0.25) is 9.59 Å². The first kappa shape index (κ1) is 19.3. The SMILES string of the molecule is COc1cc2c(cc1OC)C1CN/C(=C\C(=O)c3cccc(Cl)c3)C(=O)N1CC2. The zero-order valence-corrected chi connectivity index (χ0v) is 17.0. The Balaban J connectivity index is 1.61. The quantitative estimate of drug-likeness (QED) is 0.617. The zero-order chi connectivity index (χ0) is 20.5. The van der Waals surface area contributed by atoms with Crippen LogP contribution in [0, 0.1) is 0 Å². The second kappa shape index (κ2) is 7.79. The number of ether oxygens (including phenoxy) is 2. The summed E-state index contributed by atoms with van der Waals surface area (Å²) >= 11 is 5.96. The number of carbonyl (C=O) groups is 2. The van der Waals surface area contributed by atoms with Crippen LogP contribution in [0.2, 0.25) is 5.02 Å². The average molecular weight is 413 g/mol. The molecule has 0 aliphatic carbocycles. The normalized spacial score (nSPS) is 19.3. The predicted octanol–water partition coefficient (Wildman–Crippen LogP) is 3.15. The summed E-state index contributed by atoms with van der Waals surface area (Å²) < 4.78 is 10.8. The van der Waals surface area contributed by atoms with Gasteiger partial charge in [-0.2, -0.15) is 0 Å². The Labute approximate surface area is 174 Å². The van der Waals surface area contributed by atoms with Gasteiger partial charge in [-0.25, -0.2) is 0 Å². The lowest BCUT2D eigenvalue weighted by Crippen LogP contribution is -2.51. The first-order valence-electron chi connectivity index (χ1n) is 9.33. The molecule has 1 N–H and O–H groups in total.